The van der Waals surface area contributed by atoms with Crippen LogP contribution < -0.4 is 5.32 Å². The zero-order valence-electron chi connectivity index (χ0n) is 12.2. The van der Waals surface area contributed by atoms with E-state index in [0.29, 0.717) is 0 Å². The predicted molar refractivity (Wildman–Crippen MR) is 82.8 cm³/mol. The van der Waals surface area contributed by atoms with E-state index in [9.17, 15) is 4.79 Å². The van der Waals surface area contributed by atoms with Gasteiger partial charge in [-0.05, 0) is 40.8 Å². The van der Waals surface area contributed by atoms with Gasteiger partial charge in [-0.15, -0.1) is 0 Å². The van der Waals surface area contributed by atoms with Gasteiger partial charge in [0.1, 0.15) is 0 Å². The molecule has 1 amide bonds. The molecule has 2 heteroatoms. The Morgan fingerprint density at radius 2 is 1.70 bits per heavy atom. The zero-order valence-corrected chi connectivity index (χ0v) is 12.2. The molecule has 0 unspecified atom stereocenters. The second-order valence-electron chi connectivity index (χ2n) is 6.41. The van der Waals surface area contributed by atoms with Gasteiger partial charge in [-0.25, -0.2) is 0 Å². The Kier molecular flexibility index (Phi) is 2.89. The number of carbonyl (C=O) groups is 1. The van der Waals surface area contributed by atoms with E-state index in [0.717, 1.165) is 12.1 Å². The quantitative estimate of drug-likeness (QED) is 0.700. The number of carbonyl (C=O) groups excluding carboxylic acids is 1. The molecule has 0 fully saturated rings. The van der Waals surface area contributed by atoms with E-state index in [4.69, 9.17) is 0 Å². The Bertz CT molecular complexity index is 680. The van der Waals surface area contributed by atoms with Crippen molar-refractivity contribution in [2.45, 2.75) is 27.2 Å². The Hall–Kier alpha value is -2.09. The van der Waals surface area contributed by atoms with Gasteiger partial charge in [0.25, 0.3) is 0 Å². The fraction of sp³-hybridized carbons (Fsp3) is 0.278. The Morgan fingerprint density at radius 3 is 2.45 bits per heavy atom. The minimum atomic E-state index is -0.373. The molecular formula is C18H19NO. The molecule has 20 heavy (non-hydrogen) atoms. The number of hydrogen-bond acceptors (Lipinski definition) is 1. The topological polar surface area (TPSA) is 29.1 Å². The third kappa shape index (κ3) is 2.22. The highest BCUT2D eigenvalue weighted by molar-refractivity contribution is 5.95. The number of nitrogens with one attached hydrogen (secondary N) is 1. The fourth-order valence-electron chi connectivity index (χ4n) is 2.54. The van der Waals surface area contributed by atoms with E-state index in [-0.39, 0.29) is 11.3 Å². The summed E-state index contributed by atoms with van der Waals surface area (Å²) >= 11 is 0. The van der Waals surface area contributed by atoms with Crippen LogP contribution in [0, 0.1) is 5.41 Å². The lowest BCUT2D eigenvalue weighted by atomic mass is 9.95. The second kappa shape index (κ2) is 4.48. The molecule has 0 atom stereocenters. The molecule has 102 valence electrons. The van der Waals surface area contributed by atoms with Gasteiger partial charge < -0.3 is 5.32 Å². The van der Waals surface area contributed by atoms with Crippen molar-refractivity contribution >= 4 is 11.6 Å². The third-order valence-corrected chi connectivity index (χ3v) is 3.73. The average molecular weight is 265 g/mol. The first-order valence-electron chi connectivity index (χ1n) is 6.98. The van der Waals surface area contributed by atoms with Crippen molar-refractivity contribution in [3.8, 4) is 11.1 Å². The monoisotopic (exact) mass is 265 g/mol. The van der Waals surface area contributed by atoms with Gasteiger partial charge in [0, 0.05) is 11.1 Å². The second-order valence-corrected chi connectivity index (χ2v) is 6.41. The highest BCUT2D eigenvalue weighted by atomic mass is 16.2. The first-order valence-corrected chi connectivity index (χ1v) is 6.98. The highest BCUT2D eigenvalue weighted by Crippen LogP contribution is 2.37. The van der Waals surface area contributed by atoms with Crippen LogP contribution in [0.3, 0.4) is 0 Å². The molecule has 0 aliphatic heterocycles. The highest BCUT2D eigenvalue weighted by Gasteiger charge is 2.22. The van der Waals surface area contributed by atoms with Crippen LogP contribution in [-0.4, -0.2) is 5.91 Å². The number of fused-ring (bicyclic) bond motifs is 3. The Balaban J connectivity index is 1.90. The van der Waals surface area contributed by atoms with E-state index >= 15 is 0 Å². The molecule has 0 radical (unpaired) electrons. The van der Waals surface area contributed by atoms with Crippen LogP contribution in [0.1, 0.15) is 31.9 Å². The molecule has 0 aromatic heterocycles. The molecule has 1 aliphatic carbocycles. The summed E-state index contributed by atoms with van der Waals surface area (Å²) in [7, 11) is 0. The van der Waals surface area contributed by atoms with Crippen molar-refractivity contribution in [1.29, 1.82) is 0 Å². The summed E-state index contributed by atoms with van der Waals surface area (Å²) in [6.45, 7) is 5.77. The van der Waals surface area contributed by atoms with Crippen molar-refractivity contribution in [2.75, 3.05) is 5.32 Å². The number of anilines is 1. The van der Waals surface area contributed by atoms with E-state index in [1.165, 1.54) is 22.3 Å². The van der Waals surface area contributed by atoms with Crippen molar-refractivity contribution in [3.05, 3.63) is 53.6 Å². The predicted octanol–water partition coefficient (Wildman–Crippen LogP) is 4.24. The third-order valence-electron chi connectivity index (χ3n) is 3.73. The minimum Gasteiger partial charge on any atom is -0.326 e. The van der Waals surface area contributed by atoms with Crippen LogP contribution in [0.25, 0.3) is 11.1 Å². The summed E-state index contributed by atoms with van der Waals surface area (Å²) < 4.78 is 0. The maximum Gasteiger partial charge on any atom is 0.229 e. The molecule has 0 saturated carbocycles. The van der Waals surface area contributed by atoms with Gasteiger partial charge in [0.2, 0.25) is 5.91 Å². The molecular weight excluding hydrogens is 246 g/mol. The lowest BCUT2D eigenvalue weighted by molar-refractivity contribution is -0.123. The molecule has 2 aromatic carbocycles. The summed E-state index contributed by atoms with van der Waals surface area (Å²) in [5.41, 5.74) is 5.77. The first-order chi connectivity index (χ1) is 9.45. The molecule has 2 nitrogen and oxygen atoms in total. The van der Waals surface area contributed by atoms with Gasteiger partial charge in [-0.1, -0.05) is 51.1 Å². The van der Waals surface area contributed by atoms with Gasteiger partial charge in [0.05, 0.1) is 0 Å². The lowest BCUT2D eigenvalue weighted by Gasteiger charge is -2.18. The van der Waals surface area contributed by atoms with E-state index in [1.54, 1.807) is 0 Å². The summed E-state index contributed by atoms with van der Waals surface area (Å²) in [6.07, 6.45) is 0.949. The van der Waals surface area contributed by atoms with Crippen LogP contribution in [-0.2, 0) is 11.2 Å². The zero-order chi connectivity index (χ0) is 14.3. The molecule has 1 N–H and O–H groups in total. The molecule has 0 bridgehead atoms. The van der Waals surface area contributed by atoms with E-state index < -0.39 is 0 Å². The van der Waals surface area contributed by atoms with Crippen molar-refractivity contribution in [3.63, 3.8) is 0 Å². The van der Waals surface area contributed by atoms with Crippen LogP contribution in [0.15, 0.2) is 42.5 Å². The van der Waals surface area contributed by atoms with Crippen LogP contribution in [0.2, 0.25) is 0 Å². The minimum absolute atomic E-state index is 0.0490. The molecule has 0 heterocycles. The maximum atomic E-state index is 12.0. The summed E-state index contributed by atoms with van der Waals surface area (Å²) in [5.74, 6) is 0.0490. The Morgan fingerprint density at radius 1 is 1.00 bits per heavy atom. The SMILES string of the molecule is CC(C)(C)C(=O)Nc1ccc2c(c1)Cc1ccccc1-2. The van der Waals surface area contributed by atoms with Crippen molar-refractivity contribution < 1.29 is 4.79 Å². The Labute approximate surface area is 119 Å². The summed E-state index contributed by atoms with van der Waals surface area (Å²) in [5, 5.41) is 3.00. The molecule has 0 spiro atoms. The number of benzene rings is 2. The van der Waals surface area contributed by atoms with Gasteiger partial charge >= 0.3 is 0 Å². The van der Waals surface area contributed by atoms with Crippen LogP contribution in [0.4, 0.5) is 5.69 Å². The van der Waals surface area contributed by atoms with Gasteiger partial charge in [-0.3, -0.25) is 4.79 Å². The molecule has 2 aromatic rings. The fourth-order valence-corrected chi connectivity index (χ4v) is 2.54. The summed E-state index contributed by atoms with van der Waals surface area (Å²) in [6, 6.07) is 14.7. The van der Waals surface area contributed by atoms with Gasteiger partial charge in [0.15, 0.2) is 0 Å². The molecule has 0 saturated heterocycles. The summed E-state index contributed by atoms with van der Waals surface area (Å²) in [4.78, 5) is 12.0. The maximum absolute atomic E-state index is 12.0. The largest absolute Gasteiger partial charge is 0.326 e. The standard InChI is InChI=1S/C18H19NO/c1-18(2,3)17(20)19-14-8-9-16-13(11-14)10-12-6-4-5-7-15(12)16/h4-9,11H,10H2,1-3H3,(H,19,20). The smallest absolute Gasteiger partial charge is 0.229 e. The van der Waals surface area contributed by atoms with Crippen molar-refractivity contribution in [1.82, 2.24) is 0 Å². The lowest BCUT2D eigenvalue weighted by Crippen LogP contribution is -2.27. The van der Waals surface area contributed by atoms with Gasteiger partial charge in [-0.2, -0.15) is 0 Å². The average Bonchev–Trinajstić information content (AvgIpc) is 2.75. The number of rotatable bonds is 1. The number of hydrogen-bond donors (Lipinski definition) is 1. The van der Waals surface area contributed by atoms with E-state index in [2.05, 4.69) is 41.7 Å². The first kappa shape index (κ1) is 12.9. The normalized spacial score (nSPS) is 12.8. The van der Waals surface area contributed by atoms with Crippen LogP contribution >= 0.6 is 0 Å². The van der Waals surface area contributed by atoms with Crippen molar-refractivity contribution in [2.24, 2.45) is 5.41 Å². The molecule has 3 rings (SSSR count). The molecule has 1 aliphatic rings. The van der Waals surface area contributed by atoms with E-state index in [1.807, 2.05) is 26.8 Å². The number of amides is 1. The van der Waals surface area contributed by atoms with Crippen LogP contribution in [0.5, 0.6) is 0 Å².